The minimum absolute atomic E-state index is 0.0700. The number of sulfonamides is 1. The fourth-order valence-corrected chi connectivity index (χ4v) is 3.32. The smallest absolute Gasteiger partial charge is 0.245 e. The van der Waals surface area contributed by atoms with Gasteiger partial charge >= 0.3 is 0 Å². The second kappa shape index (κ2) is 4.75. The van der Waals surface area contributed by atoms with Crippen LogP contribution in [-0.2, 0) is 19.6 Å². The number of hydrogen-bond acceptors (Lipinski definition) is 5. The highest BCUT2D eigenvalue weighted by molar-refractivity contribution is 9.10. The van der Waals surface area contributed by atoms with Crippen LogP contribution in [-0.4, -0.2) is 42.6 Å². The number of imide groups is 1. The van der Waals surface area contributed by atoms with Crippen LogP contribution in [0.3, 0.4) is 0 Å². The van der Waals surface area contributed by atoms with Gasteiger partial charge in [-0.05, 0) is 22.0 Å². The Hall–Kier alpha value is -1.32. The van der Waals surface area contributed by atoms with E-state index >= 15 is 0 Å². The van der Waals surface area contributed by atoms with Gasteiger partial charge in [-0.3, -0.25) is 19.9 Å². The molecule has 1 aliphatic heterocycles. The number of aromatic nitrogens is 1. The van der Waals surface area contributed by atoms with Gasteiger partial charge in [0.15, 0.2) is 0 Å². The second-order valence-corrected chi connectivity index (χ2v) is 6.44. The Morgan fingerprint density at radius 1 is 1.22 bits per heavy atom. The molecule has 0 unspecified atom stereocenters. The number of halogens is 1. The van der Waals surface area contributed by atoms with Crippen LogP contribution in [0.2, 0.25) is 0 Å². The van der Waals surface area contributed by atoms with E-state index in [9.17, 15) is 18.0 Å². The minimum atomic E-state index is -3.89. The van der Waals surface area contributed by atoms with Crippen molar-refractivity contribution in [2.75, 3.05) is 13.1 Å². The zero-order valence-corrected chi connectivity index (χ0v) is 11.4. The van der Waals surface area contributed by atoms with Crippen molar-refractivity contribution in [3.8, 4) is 0 Å². The summed E-state index contributed by atoms with van der Waals surface area (Å²) in [4.78, 5) is 26.0. The molecular formula is C9H8BrN3O4S. The monoisotopic (exact) mass is 333 g/mol. The van der Waals surface area contributed by atoms with E-state index in [4.69, 9.17) is 0 Å². The molecule has 1 saturated heterocycles. The van der Waals surface area contributed by atoms with Gasteiger partial charge < -0.3 is 0 Å². The third kappa shape index (κ3) is 2.57. The van der Waals surface area contributed by atoms with Crippen molar-refractivity contribution in [1.82, 2.24) is 14.6 Å². The third-order valence-electron chi connectivity index (χ3n) is 2.24. The highest BCUT2D eigenvalue weighted by Crippen LogP contribution is 2.19. The number of nitrogens with zero attached hydrogens (tertiary/aromatic N) is 2. The van der Waals surface area contributed by atoms with Crippen LogP contribution in [0.15, 0.2) is 27.8 Å². The van der Waals surface area contributed by atoms with Gasteiger partial charge in [0.05, 0.1) is 13.1 Å². The fraction of sp³-hybridized carbons (Fsp3) is 0.222. The molecule has 1 aliphatic rings. The average Bonchev–Trinajstić information content (AvgIpc) is 2.27. The summed E-state index contributed by atoms with van der Waals surface area (Å²) in [6, 6.07) is 1.36. The van der Waals surface area contributed by atoms with Crippen LogP contribution >= 0.6 is 15.9 Å². The molecule has 0 radical (unpaired) electrons. The lowest BCUT2D eigenvalue weighted by Crippen LogP contribution is -2.53. The van der Waals surface area contributed by atoms with Gasteiger partial charge in [0.25, 0.3) is 0 Å². The first-order valence-corrected chi connectivity index (χ1v) is 7.06. The summed E-state index contributed by atoms with van der Waals surface area (Å²) in [6.45, 7) is -0.749. The van der Waals surface area contributed by atoms with Crippen LogP contribution in [0.1, 0.15) is 0 Å². The predicted molar refractivity (Wildman–Crippen MR) is 63.8 cm³/mol. The third-order valence-corrected chi connectivity index (χ3v) is 4.43. The van der Waals surface area contributed by atoms with Gasteiger partial charge in [-0.1, -0.05) is 0 Å². The zero-order chi connectivity index (χ0) is 13.3. The average molecular weight is 334 g/mol. The Balaban J connectivity index is 2.37. The Labute approximate surface area is 111 Å². The lowest BCUT2D eigenvalue weighted by Gasteiger charge is -2.24. The molecular weight excluding hydrogens is 326 g/mol. The number of nitrogens with one attached hydrogen (secondary N) is 1. The maximum absolute atomic E-state index is 12.2. The van der Waals surface area contributed by atoms with Crippen LogP contribution in [0, 0.1) is 0 Å². The molecule has 0 atom stereocenters. The molecule has 2 rings (SSSR count). The Bertz CT molecular complexity index is 600. The van der Waals surface area contributed by atoms with Crippen molar-refractivity contribution >= 4 is 37.8 Å². The van der Waals surface area contributed by atoms with E-state index in [0.717, 1.165) is 10.5 Å². The first-order chi connectivity index (χ1) is 8.39. The van der Waals surface area contributed by atoms with Gasteiger partial charge in [0.2, 0.25) is 21.8 Å². The summed E-state index contributed by atoms with van der Waals surface area (Å²) >= 11 is 3.11. The largest absolute Gasteiger partial charge is 0.294 e. The summed E-state index contributed by atoms with van der Waals surface area (Å²) in [7, 11) is -3.89. The maximum atomic E-state index is 12.2. The summed E-state index contributed by atoms with van der Waals surface area (Å²) in [5, 5.41) is 2.04. The van der Waals surface area contributed by atoms with E-state index in [1.54, 1.807) is 0 Å². The fourth-order valence-electron chi connectivity index (χ4n) is 1.46. The van der Waals surface area contributed by atoms with Crippen molar-refractivity contribution in [2.45, 2.75) is 4.90 Å². The van der Waals surface area contributed by atoms with E-state index in [-0.39, 0.29) is 18.0 Å². The summed E-state index contributed by atoms with van der Waals surface area (Å²) in [5.41, 5.74) is 0. The van der Waals surface area contributed by atoms with Crippen LogP contribution in [0.5, 0.6) is 0 Å². The predicted octanol–water partition coefficient (Wildman–Crippen LogP) is -0.509. The number of amides is 2. The number of carbonyl (C=O) groups is 2. The Kier molecular flexibility index (Phi) is 3.46. The van der Waals surface area contributed by atoms with E-state index in [0.29, 0.717) is 4.47 Å². The normalized spacial score (nSPS) is 17.6. The van der Waals surface area contributed by atoms with Crippen LogP contribution in [0.25, 0.3) is 0 Å². The lowest BCUT2D eigenvalue weighted by molar-refractivity contribution is -0.134. The van der Waals surface area contributed by atoms with Gasteiger partial charge in [0, 0.05) is 16.9 Å². The molecule has 0 saturated carbocycles. The SMILES string of the molecule is O=C1CN(S(=O)(=O)c2cncc(Br)c2)CC(=O)N1. The molecule has 18 heavy (non-hydrogen) atoms. The second-order valence-electron chi connectivity index (χ2n) is 3.58. The number of rotatable bonds is 2. The number of carbonyl (C=O) groups excluding carboxylic acids is 2. The van der Waals surface area contributed by atoms with E-state index in [2.05, 4.69) is 20.9 Å². The first kappa shape index (κ1) is 13.1. The molecule has 0 aliphatic carbocycles. The molecule has 0 bridgehead atoms. The molecule has 7 nitrogen and oxygen atoms in total. The molecule has 9 heteroatoms. The number of hydrogen-bond donors (Lipinski definition) is 1. The van der Waals surface area contributed by atoms with Gasteiger partial charge in [-0.25, -0.2) is 8.42 Å². The van der Waals surface area contributed by atoms with Crippen LogP contribution < -0.4 is 5.32 Å². The highest BCUT2D eigenvalue weighted by atomic mass is 79.9. The molecule has 2 amide bonds. The number of piperazine rings is 1. The Morgan fingerprint density at radius 3 is 2.39 bits per heavy atom. The maximum Gasteiger partial charge on any atom is 0.245 e. The molecule has 1 aromatic rings. The van der Waals surface area contributed by atoms with Crippen molar-refractivity contribution in [1.29, 1.82) is 0 Å². The van der Waals surface area contributed by atoms with E-state index in [1.807, 2.05) is 5.32 Å². The summed E-state index contributed by atoms with van der Waals surface area (Å²) in [5.74, 6) is -1.28. The molecule has 1 fully saturated rings. The summed E-state index contributed by atoms with van der Waals surface area (Å²) < 4.78 is 25.6. The molecule has 1 N–H and O–H groups in total. The van der Waals surface area contributed by atoms with Crippen molar-refractivity contribution in [3.05, 3.63) is 22.9 Å². The zero-order valence-electron chi connectivity index (χ0n) is 8.96. The van der Waals surface area contributed by atoms with Gasteiger partial charge in [-0.2, -0.15) is 4.31 Å². The quantitative estimate of drug-likeness (QED) is 0.735. The Morgan fingerprint density at radius 2 is 1.83 bits per heavy atom. The van der Waals surface area contributed by atoms with Crippen LogP contribution in [0.4, 0.5) is 0 Å². The van der Waals surface area contributed by atoms with E-state index in [1.165, 1.54) is 12.3 Å². The highest BCUT2D eigenvalue weighted by Gasteiger charge is 2.33. The van der Waals surface area contributed by atoms with Crippen molar-refractivity contribution < 1.29 is 18.0 Å². The molecule has 0 spiro atoms. The van der Waals surface area contributed by atoms with E-state index < -0.39 is 21.8 Å². The van der Waals surface area contributed by atoms with Gasteiger partial charge in [0.1, 0.15) is 4.90 Å². The summed E-state index contributed by atoms with van der Waals surface area (Å²) in [6.07, 6.45) is 2.60. The molecule has 96 valence electrons. The topological polar surface area (TPSA) is 96.4 Å². The molecule has 2 heterocycles. The lowest BCUT2D eigenvalue weighted by atomic mass is 10.4. The van der Waals surface area contributed by atoms with Crippen molar-refractivity contribution in [2.24, 2.45) is 0 Å². The molecule has 0 aromatic carbocycles. The number of pyridine rings is 1. The van der Waals surface area contributed by atoms with Crippen molar-refractivity contribution in [3.63, 3.8) is 0 Å². The first-order valence-electron chi connectivity index (χ1n) is 4.83. The standard InChI is InChI=1S/C9H8BrN3O4S/c10-6-1-7(3-11-2-6)18(16,17)13-4-8(14)12-9(15)5-13/h1-3H,4-5H2,(H,12,14,15). The minimum Gasteiger partial charge on any atom is -0.294 e. The molecule has 1 aromatic heterocycles. The van der Waals surface area contributed by atoms with Gasteiger partial charge in [-0.15, -0.1) is 0 Å².